The number of nitrogens with one attached hydrogen (secondary N) is 2. The van der Waals surface area contributed by atoms with Crippen molar-refractivity contribution in [3.05, 3.63) is 29.8 Å². The van der Waals surface area contributed by atoms with Crippen LogP contribution in [0.15, 0.2) is 24.3 Å². The summed E-state index contributed by atoms with van der Waals surface area (Å²) in [4.78, 5) is 11.5. The molecule has 0 aromatic heterocycles. The highest BCUT2D eigenvalue weighted by atomic mass is 32.1. The van der Waals surface area contributed by atoms with Gasteiger partial charge in [-0.05, 0) is 42.6 Å². The van der Waals surface area contributed by atoms with Gasteiger partial charge in [0, 0.05) is 12.1 Å². The molecule has 0 bridgehead atoms. The molecule has 1 unspecified atom stereocenters. The summed E-state index contributed by atoms with van der Waals surface area (Å²) in [5.41, 5.74) is 2.19. The van der Waals surface area contributed by atoms with Crippen molar-refractivity contribution in [1.82, 2.24) is 5.32 Å². The number of thiocarbonyl (C=S) groups is 1. The Morgan fingerprint density at radius 2 is 2.00 bits per heavy atom. The van der Waals surface area contributed by atoms with E-state index in [1.165, 1.54) is 5.56 Å². The van der Waals surface area contributed by atoms with E-state index in [0.717, 1.165) is 18.5 Å². The van der Waals surface area contributed by atoms with Crippen LogP contribution in [0, 0.1) is 0 Å². The summed E-state index contributed by atoms with van der Waals surface area (Å²) in [5, 5.41) is 6.18. The van der Waals surface area contributed by atoms with Gasteiger partial charge >= 0.3 is 0 Å². The van der Waals surface area contributed by atoms with Crippen LogP contribution in [0.2, 0.25) is 0 Å². The van der Waals surface area contributed by atoms with Crippen LogP contribution in [0.25, 0.3) is 0 Å². The molecule has 0 saturated carbocycles. The molecule has 1 atom stereocenters. The number of carbonyl (C=O) groups is 1. The molecule has 1 rings (SSSR count). The number of anilines is 1. The zero-order chi connectivity index (χ0) is 14.3. The number of rotatable bonds is 5. The highest BCUT2D eigenvalue weighted by molar-refractivity contribution is 7.80. The second-order valence-corrected chi connectivity index (χ2v) is 5.06. The van der Waals surface area contributed by atoms with Crippen molar-refractivity contribution in [1.29, 1.82) is 0 Å². The second kappa shape index (κ2) is 7.89. The molecule has 0 aliphatic heterocycles. The molecular weight excluding hydrogens is 256 g/mol. The molecule has 0 radical (unpaired) electrons. The number of benzene rings is 1. The molecule has 1 aromatic rings. The average Bonchev–Trinajstić information content (AvgIpc) is 2.38. The molecule has 3 nitrogen and oxygen atoms in total. The summed E-state index contributed by atoms with van der Waals surface area (Å²) in [6.07, 6.45) is 2.38. The van der Waals surface area contributed by atoms with Crippen molar-refractivity contribution in [2.75, 3.05) is 5.32 Å². The normalized spacial score (nSPS) is 11.7. The van der Waals surface area contributed by atoms with E-state index in [0.29, 0.717) is 17.5 Å². The Labute approximate surface area is 120 Å². The molecule has 0 aliphatic carbocycles. The van der Waals surface area contributed by atoms with E-state index in [1.54, 1.807) is 0 Å². The van der Waals surface area contributed by atoms with Gasteiger partial charge in [0.25, 0.3) is 0 Å². The summed E-state index contributed by atoms with van der Waals surface area (Å²) in [6, 6.07) is 8.06. The average molecular weight is 278 g/mol. The summed E-state index contributed by atoms with van der Waals surface area (Å²) < 4.78 is 0. The van der Waals surface area contributed by atoms with E-state index in [2.05, 4.69) is 30.5 Å². The molecule has 0 saturated heterocycles. The highest BCUT2D eigenvalue weighted by Crippen LogP contribution is 2.26. The molecule has 2 N–H and O–H groups in total. The first-order valence-corrected chi connectivity index (χ1v) is 7.19. The fraction of sp³-hybridized carbons (Fsp3) is 0.467. The van der Waals surface area contributed by atoms with Gasteiger partial charge in [0.2, 0.25) is 5.91 Å². The molecule has 4 heteroatoms. The maximum absolute atomic E-state index is 11.5. The van der Waals surface area contributed by atoms with Crippen LogP contribution in [-0.4, -0.2) is 11.0 Å². The molecule has 0 heterocycles. The zero-order valence-corrected chi connectivity index (χ0v) is 12.6. The maximum atomic E-state index is 11.5. The number of carbonyl (C=O) groups excluding carboxylic acids is 1. The lowest BCUT2D eigenvalue weighted by atomic mass is 9.97. The predicted octanol–water partition coefficient (Wildman–Crippen LogP) is 3.81. The molecule has 0 aliphatic rings. The minimum Gasteiger partial charge on any atom is -0.332 e. The standard InChI is InChI=1S/C15H22N2OS/c1-4-8-14(18)17-15(19)16-13-10-7-6-9-12(13)11(3)5-2/h6-7,9-11H,4-5,8H2,1-3H3,(H2,16,17,18,19). The summed E-state index contributed by atoms with van der Waals surface area (Å²) >= 11 is 5.17. The third-order valence-electron chi connectivity index (χ3n) is 3.08. The first kappa shape index (κ1) is 15.6. The van der Waals surface area contributed by atoms with Crippen LogP contribution in [0.1, 0.15) is 51.5 Å². The van der Waals surface area contributed by atoms with Crippen LogP contribution in [0.3, 0.4) is 0 Å². The first-order chi connectivity index (χ1) is 9.08. The van der Waals surface area contributed by atoms with Gasteiger partial charge in [0.15, 0.2) is 5.11 Å². The van der Waals surface area contributed by atoms with E-state index >= 15 is 0 Å². The third-order valence-corrected chi connectivity index (χ3v) is 3.29. The van der Waals surface area contributed by atoms with E-state index < -0.39 is 0 Å². The SMILES string of the molecule is CCCC(=O)NC(=S)Nc1ccccc1C(C)CC. The quantitative estimate of drug-likeness (QED) is 0.805. The second-order valence-electron chi connectivity index (χ2n) is 4.65. The Morgan fingerprint density at radius 1 is 1.32 bits per heavy atom. The third kappa shape index (κ3) is 4.99. The lowest BCUT2D eigenvalue weighted by Crippen LogP contribution is -2.34. The molecule has 19 heavy (non-hydrogen) atoms. The van der Waals surface area contributed by atoms with Gasteiger partial charge in [-0.25, -0.2) is 0 Å². The van der Waals surface area contributed by atoms with Crippen molar-refractivity contribution in [3.63, 3.8) is 0 Å². The van der Waals surface area contributed by atoms with Crippen LogP contribution in [0.5, 0.6) is 0 Å². The molecule has 0 fully saturated rings. The van der Waals surface area contributed by atoms with E-state index in [-0.39, 0.29) is 5.91 Å². The first-order valence-electron chi connectivity index (χ1n) is 6.78. The summed E-state index contributed by atoms with van der Waals surface area (Å²) in [6.45, 7) is 6.30. The van der Waals surface area contributed by atoms with Gasteiger partial charge in [0.05, 0.1) is 0 Å². The van der Waals surface area contributed by atoms with Crippen molar-refractivity contribution >= 4 is 28.9 Å². The molecule has 0 spiro atoms. The zero-order valence-electron chi connectivity index (χ0n) is 11.8. The Balaban J connectivity index is 2.71. The van der Waals surface area contributed by atoms with Gasteiger partial charge in [-0.1, -0.05) is 39.0 Å². The van der Waals surface area contributed by atoms with Crippen molar-refractivity contribution < 1.29 is 4.79 Å². The van der Waals surface area contributed by atoms with Gasteiger partial charge < -0.3 is 10.6 Å². The monoisotopic (exact) mass is 278 g/mol. The predicted molar refractivity (Wildman–Crippen MR) is 84.4 cm³/mol. The van der Waals surface area contributed by atoms with E-state index in [1.807, 2.05) is 25.1 Å². The lowest BCUT2D eigenvalue weighted by molar-refractivity contribution is -0.119. The smallest absolute Gasteiger partial charge is 0.226 e. The van der Waals surface area contributed by atoms with E-state index in [4.69, 9.17) is 12.2 Å². The lowest BCUT2D eigenvalue weighted by Gasteiger charge is -2.17. The Kier molecular flexibility index (Phi) is 6.50. The fourth-order valence-corrected chi connectivity index (χ4v) is 2.05. The van der Waals surface area contributed by atoms with Crippen molar-refractivity contribution in [3.8, 4) is 0 Å². The maximum Gasteiger partial charge on any atom is 0.226 e. The van der Waals surface area contributed by atoms with Crippen molar-refractivity contribution in [2.24, 2.45) is 0 Å². The molecule has 1 amide bonds. The number of hydrogen-bond acceptors (Lipinski definition) is 2. The van der Waals surface area contributed by atoms with Crippen LogP contribution in [-0.2, 0) is 4.79 Å². The number of para-hydroxylation sites is 1. The molecule has 104 valence electrons. The largest absolute Gasteiger partial charge is 0.332 e. The van der Waals surface area contributed by atoms with Crippen molar-refractivity contribution in [2.45, 2.75) is 46.0 Å². The minimum atomic E-state index is -0.0407. The summed E-state index contributed by atoms with van der Waals surface area (Å²) in [5.74, 6) is 0.416. The van der Waals surface area contributed by atoms with Gasteiger partial charge in [-0.15, -0.1) is 0 Å². The Bertz CT molecular complexity index is 446. The number of hydrogen-bond donors (Lipinski definition) is 2. The van der Waals surface area contributed by atoms with Crippen LogP contribution < -0.4 is 10.6 Å². The molecular formula is C15H22N2OS. The van der Waals surface area contributed by atoms with E-state index in [9.17, 15) is 4.79 Å². The van der Waals surface area contributed by atoms with Gasteiger partial charge in [0.1, 0.15) is 0 Å². The van der Waals surface area contributed by atoms with Crippen LogP contribution in [0.4, 0.5) is 5.69 Å². The fourth-order valence-electron chi connectivity index (χ4n) is 1.83. The summed E-state index contributed by atoms with van der Waals surface area (Å²) in [7, 11) is 0. The number of amides is 1. The van der Waals surface area contributed by atoms with Crippen LogP contribution >= 0.6 is 12.2 Å². The Morgan fingerprint density at radius 3 is 2.63 bits per heavy atom. The Hall–Kier alpha value is -1.42. The van der Waals surface area contributed by atoms with Gasteiger partial charge in [-0.2, -0.15) is 0 Å². The topological polar surface area (TPSA) is 41.1 Å². The molecule has 1 aromatic carbocycles. The highest BCUT2D eigenvalue weighted by Gasteiger charge is 2.10. The minimum absolute atomic E-state index is 0.0407. The van der Waals surface area contributed by atoms with Gasteiger partial charge in [-0.3, -0.25) is 4.79 Å².